The van der Waals surface area contributed by atoms with E-state index in [1.807, 2.05) is 0 Å². The lowest BCUT2D eigenvalue weighted by Gasteiger charge is -2.18. The second-order valence-electron chi connectivity index (χ2n) is 24.5. The Labute approximate surface area is 510 Å². The number of carbonyl (C=O) groups excluding carboxylic acids is 3. The summed E-state index contributed by atoms with van der Waals surface area (Å²) < 4.78 is 16.9. The number of esters is 3. The Bertz CT molecular complexity index is 1460. The number of carbonyl (C=O) groups is 3. The molecule has 0 amide bonds. The maximum absolute atomic E-state index is 12.9. The van der Waals surface area contributed by atoms with E-state index in [0.29, 0.717) is 19.3 Å². The SMILES string of the molecule is CCC/C=C\CCCCCCCC(=O)OCC(COC(=O)CCCCCCCCCCCCCCCCCCCCC/C=C\CCCCCCCCCC)OC(=O)CCCCCCCCCC/C=C\C/C=C\C/C=C\CCCCCCC. The first-order valence-corrected chi connectivity index (χ1v) is 36.3. The average Bonchev–Trinajstić information content (AvgIpc) is 3.48. The van der Waals surface area contributed by atoms with Crippen LogP contribution in [0.2, 0.25) is 0 Å². The topological polar surface area (TPSA) is 78.9 Å². The van der Waals surface area contributed by atoms with Crippen LogP contribution in [-0.4, -0.2) is 37.2 Å². The molecular formula is C76H138O6. The van der Waals surface area contributed by atoms with Gasteiger partial charge in [-0.05, 0) is 103 Å². The zero-order valence-electron chi connectivity index (χ0n) is 55.0. The molecule has 0 saturated heterocycles. The first kappa shape index (κ1) is 79.1. The third-order valence-corrected chi connectivity index (χ3v) is 16.2. The largest absolute Gasteiger partial charge is 0.462 e. The Hall–Kier alpha value is -2.89. The van der Waals surface area contributed by atoms with Crippen LogP contribution in [0.1, 0.15) is 387 Å². The van der Waals surface area contributed by atoms with Crippen molar-refractivity contribution in [2.24, 2.45) is 0 Å². The lowest BCUT2D eigenvalue weighted by atomic mass is 10.0. The number of ether oxygens (including phenoxy) is 3. The van der Waals surface area contributed by atoms with Crippen LogP contribution in [0.25, 0.3) is 0 Å². The Morgan fingerprint density at radius 3 is 0.744 bits per heavy atom. The second kappa shape index (κ2) is 70.6. The van der Waals surface area contributed by atoms with E-state index in [1.165, 1.54) is 257 Å². The van der Waals surface area contributed by atoms with E-state index in [1.54, 1.807) is 0 Å². The van der Waals surface area contributed by atoms with Crippen LogP contribution in [0, 0.1) is 0 Å². The molecule has 0 saturated carbocycles. The highest BCUT2D eigenvalue weighted by molar-refractivity contribution is 5.71. The van der Waals surface area contributed by atoms with Gasteiger partial charge in [-0.25, -0.2) is 0 Å². The van der Waals surface area contributed by atoms with E-state index in [9.17, 15) is 14.4 Å². The lowest BCUT2D eigenvalue weighted by Crippen LogP contribution is -2.30. The second-order valence-corrected chi connectivity index (χ2v) is 24.5. The number of hydrogen-bond acceptors (Lipinski definition) is 6. The standard InChI is InChI=1S/C76H138O6/c1-4-7-10-13-16-19-22-24-26-28-30-32-34-35-36-37-38-39-40-41-43-44-46-48-50-52-54-57-60-63-66-69-75(78)81-72-73(71-80-74(77)68-65-62-59-56-21-18-15-12-9-6-3)82-76(79)70-67-64-61-58-55-53-51-49-47-45-42-33-31-29-27-25-23-20-17-14-11-8-5-2/h12,15,23,25,28-31,42,45,73H,4-11,13-14,16-22,24,26-27,32-41,43-44,46-72H2,1-3H3/b15-12-,25-23-,30-28-,31-29-,45-42-. The maximum atomic E-state index is 12.9. The highest BCUT2D eigenvalue weighted by Gasteiger charge is 2.19. The van der Waals surface area contributed by atoms with Gasteiger partial charge in [0.15, 0.2) is 6.10 Å². The minimum Gasteiger partial charge on any atom is -0.462 e. The molecule has 0 bridgehead atoms. The van der Waals surface area contributed by atoms with Crippen LogP contribution in [0.4, 0.5) is 0 Å². The van der Waals surface area contributed by atoms with E-state index in [-0.39, 0.29) is 31.1 Å². The summed E-state index contributed by atoms with van der Waals surface area (Å²) in [6, 6.07) is 0. The molecule has 0 aliphatic carbocycles. The normalized spacial score (nSPS) is 12.4. The fourth-order valence-electron chi connectivity index (χ4n) is 10.7. The Balaban J connectivity index is 4.13. The minimum absolute atomic E-state index is 0.0767. The van der Waals surface area contributed by atoms with Gasteiger partial charge < -0.3 is 14.2 Å². The van der Waals surface area contributed by atoms with Crippen molar-refractivity contribution in [3.63, 3.8) is 0 Å². The lowest BCUT2D eigenvalue weighted by molar-refractivity contribution is -0.167. The van der Waals surface area contributed by atoms with E-state index in [0.717, 1.165) is 89.9 Å². The van der Waals surface area contributed by atoms with Crippen molar-refractivity contribution in [1.82, 2.24) is 0 Å². The van der Waals surface area contributed by atoms with E-state index in [2.05, 4.69) is 81.5 Å². The summed E-state index contributed by atoms with van der Waals surface area (Å²) in [6.07, 6.45) is 91.3. The molecule has 6 heteroatoms. The van der Waals surface area contributed by atoms with Crippen molar-refractivity contribution < 1.29 is 28.6 Å². The van der Waals surface area contributed by atoms with Gasteiger partial charge in [0.2, 0.25) is 0 Å². The van der Waals surface area contributed by atoms with Crippen molar-refractivity contribution in [2.75, 3.05) is 13.2 Å². The van der Waals surface area contributed by atoms with Crippen LogP contribution < -0.4 is 0 Å². The molecule has 0 rings (SSSR count). The first-order chi connectivity index (χ1) is 40.5. The fourth-order valence-corrected chi connectivity index (χ4v) is 10.7. The monoisotopic (exact) mass is 1150 g/mol. The molecule has 0 aliphatic rings. The van der Waals surface area contributed by atoms with E-state index < -0.39 is 6.10 Å². The van der Waals surface area contributed by atoms with Crippen molar-refractivity contribution in [3.05, 3.63) is 60.8 Å². The molecular weight excluding hydrogens is 1010 g/mol. The van der Waals surface area contributed by atoms with Crippen LogP contribution in [0.15, 0.2) is 60.8 Å². The summed E-state index contributed by atoms with van der Waals surface area (Å²) in [5, 5.41) is 0. The summed E-state index contributed by atoms with van der Waals surface area (Å²) in [5.41, 5.74) is 0. The smallest absolute Gasteiger partial charge is 0.306 e. The van der Waals surface area contributed by atoms with Gasteiger partial charge in [0.25, 0.3) is 0 Å². The van der Waals surface area contributed by atoms with Crippen molar-refractivity contribution in [1.29, 1.82) is 0 Å². The molecule has 0 heterocycles. The van der Waals surface area contributed by atoms with Crippen molar-refractivity contribution in [2.45, 2.75) is 393 Å². The summed E-state index contributed by atoms with van der Waals surface area (Å²) >= 11 is 0. The molecule has 0 fully saturated rings. The van der Waals surface area contributed by atoms with E-state index >= 15 is 0 Å². The quantitative estimate of drug-likeness (QED) is 0.0261. The minimum atomic E-state index is -0.781. The van der Waals surface area contributed by atoms with Crippen LogP contribution in [-0.2, 0) is 28.6 Å². The molecule has 0 radical (unpaired) electrons. The van der Waals surface area contributed by atoms with Crippen LogP contribution >= 0.6 is 0 Å². The van der Waals surface area contributed by atoms with Crippen molar-refractivity contribution >= 4 is 17.9 Å². The van der Waals surface area contributed by atoms with Crippen molar-refractivity contribution in [3.8, 4) is 0 Å². The summed E-state index contributed by atoms with van der Waals surface area (Å²) in [4.78, 5) is 38.3. The van der Waals surface area contributed by atoms with Gasteiger partial charge in [-0.15, -0.1) is 0 Å². The zero-order valence-corrected chi connectivity index (χ0v) is 55.0. The molecule has 0 spiro atoms. The highest BCUT2D eigenvalue weighted by Crippen LogP contribution is 2.18. The van der Waals surface area contributed by atoms with Gasteiger partial charge in [0.05, 0.1) is 0 Å². The number of hydrogen-bond donors (Lipinski definition) is 0. The Kier molecular flexibility index (Phi) is 68.1. The van der Waals surface area contributed by atoms with Gasteiger partial charge in [0, 0.05) is 19.3 Å². The Morgan fingerprint density at radius 1 is 0.244 bits per heavy atom. The molecule has 82 heavy (non-hydrogen) atoms. The molecule has 1 atom stereocenters. The number of rotatable bonds is 67. The molecule has 0 aromatic carbocycles. The Morgan fingerprint density at radius 2 is 0.463 bits per heavy atom. The molecule has 0 aromatic rings. The maximum Gasteiger partial charge on any atom is 0.306 e. The van der Waals surface area contributed by atoms with Gasteiger partial charge in [-0.1, -0.05) is 326 Å². The molecule has 0 N–H and O–H groups in total. The average molecular weight is 1150 g/mol. The summed E-state index contributed by atoms with van der Waals surface area (Å²) in [5.74, 6) is -0.875. The first-order valence-electron chi connectivity index (χ1n) is 36.3. The predicted octanol–water partition coefficient (Wildman–Crippen LogP) is 25.1. The molecule has 478 valence electrons. The highest BCUT2D eigenvalue weighted by atomic mass is 16.6. The van der Waals surface area contributed by atoms with Gasteiger partial charge in [0.1, 0.15) is 13.2 Å². The third-order valence-electron chi connectivity index (χ3n) is 16.2. The predicted molar refractivity (Wildman–Crippen MR) is 358 cm³/mol. The molecule has 0 aromatic heterocycles. The number of unbranched alkanes of at least 4 members (excludes halogenated alkanes) is 46. The van der Waals surface area contributed by atoms with Gasteiger partial charge in [-0.3, -0.25) is 14.4 Å². The molecule has 1 unspecified atom stereocenters. The molecule has 0 aliphatic heterocycles. The summed E-state index contributed by atoms with van der Waals surface area (Å²) in [6.45, 7) is 6.61. The van der Waals surface area contributed by atoms with Gasteiger partial charge >= 0.3 is 17.9 Å². The fraction of sp³-hybridized carbons (Fsp3) is 0.829. The van der Waals surface area contributed by atoms with Crippen LogP contribution in [0.3, 0.4) is 0 Å². The third kappa shape index (κ3) is 67.9. The summed E-state index contributed by atoms with van der Waals surface area (Å²) in [7, 11) is 0. The zero-order chi connectivity index (χ0) is 59.2. The van der Waals surface area contributed by atoms with E-state index in [4.69, 9.17) is 14.2 Å². The number of allylic oxidation sites excluding steroid dienone is 10. The molecule has 6 nitrogen and oxygen atoms in total. The van der Waals surface area contributed by atoms with Gasteiger partial charge in [-0.2, -0.15) is 0 Å². The van der Waals surface area contributed by atoms with Crippen LogP contribution in [0.5, 0.6) is 0 Å².